The molecule has 6 rings (SSSR count). The number of carbonyl (C=O) groups excluding carboxylic acids is 2. The van der Waals surface area contributed by atoms with E-state index >= 15 is 0 Å². The highest BCUT2D eigenvalue weighted by atomic mass is 35.5. The first kappa shape index (κ1) is 29.4. The lowest BCUT2D eigenvalue weighted by Gasteiger charge is -2.34. The van der Waals surface area contributed by atoms with Crippen molar-refractivity contribution in [3.8, 4) is 11.1 Å². The van der Waals surface area contributed by atoms with Crippen LogP contribution in [0.25, 0.3) is 16.7 Å². The van der Waals surface area contributed by atoms with Crippen molar-refractivity contribution in [3.63, 3.8) is 0 Å². The number of benzene rings is 2. The standard InChI is InChI=1S/C34H30ClF2N5O2/c1-20-5-4-6-29(42-16-13-22(18-31(42)43)32-26(36)11-10-25(35)33(32)37)28-17-21(12-15-38-28)24-9-8-23(19-27(24)41-34(20)44)40-30-7-2-3-14-39-30/h2-3,7-12,14-15,17-20,29H,4-6,13,16H2,1H3,(H,39,40)(H,41,44)/t20-,29+/m1/s1. The van der Waals surface area contributed by atoms with Crippen LogP contribution in [0.1, 0.15) is 49.9 Å². The molecular weight excluding hydrogens is 584 g/mol. The molecule has 0 radical (unpaired) electrons. The van der Waals surface area contributed by atoms with E-state index in [2.05, 4.69) is 20.6 Å². The number of anilines is 3. The topological polar surface area (TPSA) is 87.2 Å². The third-order valence-electron chi connectivity index (χ3n) is 8.15. The number of amides is 2. The number of halogens is 3. The minimum atomic E-state index is -0.871. The number of aromatic nitrogens is 2. The van der Waals surface area contributed by atoms with Crippen LogP contribution < -0.4 is 10.6 Å². The minimum absolute atomic E-state index is 0.0974. The summed E-state index contributed by atoms with van der Waals surface area (Å²) in [7, 11) is 0. The van der Waals surface area contributed by atoms with E-state index < -0.39 is 17.7 Å². The Bertz CT molecular complexity index is 1760. The van der Waals surface area contributed by atoms with Crippen LogP contribution >= 0.6 is 11.6 Å². The molecule has 224 valence electrons. The normalized spacial score (nSPS) is 18.8. The van der Waals surface area contributed by atoms with Gasteiger partial charge < -0.3 is 15.5 Å². The Hall–Kier alpha value is -4.63. The molecule has 7 nitrogen and oxygen atoms in total. The fraction of sp³-hybridized carbons (Fsp3) is 0.235. The van der Waals surface area contributed by atoms with Crippen LogP contribution in [0, 0.1) is 17.6 Å². The molecule has 2 amide bonds. The lowest BCUT2D eigenvalue weighted by Crippen LogP contribution is -2.38. The number of hydrogen-bond donors (Lipinski definition) is 2. The molecule has 0 saturated carbocycles. The summed E-state index contributed by atoms with van der Waals surface area (Å²) in [5.41, 5.74) is 3.75. The van der Waals surface area contributed by atoms with Gasteiger partial charge in [-0.25, -0.2) is 13.8 Å². The van der Waals surface area contributed by atoms with Crippen LogP contribution in [0.3, 0.4) is 0 Å². The second kappa shape index (κ2) is 12.5. The molecule has 2 aliphatic rings. The molecule has 2 aromatic heterocycles. The number of hydrogen-bond acceptors (Lipinski definition) is 5. The summed E-state index contributed by atoms with van der Waals surface area (Å²) in [4.78, 5) is 37.5. The second-order valence-corrected chi connectivity index (χ2v) is 11.5. The maximum absolute atomic E-state index is 14.8. The maximum Gasteiger partial charge on any atom is 0.247 e. The van der Waals surface area contributed by atoms with E-state index in [1.165, 1.54) is 6.08 Å². The summed E-state index contributed by atoms with van der Waals surface area (Å²) < 4.78 is 29.4. The van der Waals surface area contributed by atoms with Gasteiger partial charge in [0.25, 0.3) is 0 Å². The molecule has 2 N–H and O–H groups in total. The molecule has 0 unspecified atom stereocenters. The molecule has 2 aliphatic heterocycles. The molecule has 44 heavy (non-hydrogen) atoms. The number of rotatable bonds is 4. The Balaban J connectivity index is 1.36. The fourth-order valence-electron chi connectivity index (χ4n) is 5.81. The van der Waals surface area contributed by atoms with Crippen molar-refractivity contribution in [2.24, 2.45) is 5.92 Å². The first-order chi connectivity index (χ1) is 21.3. The zero-order valence-corrected chi connectivity index (χ0v) is 24.7. The molecule has 0 fully saturated rings. The van der Waals surface area contributed by atoms with E-state index in [9.17, 15) is 18.4 Å². The average molecular weight is 614 g/mol. The van der Waals surface area contributed by atoms with Gasteiger partial charge in [-0.1, -0.05) is 37.1 Å². The lowest BCUT2D eigenvalue weighted by atomic mass is 9.92. The molecular formula is C34H30ClF2N5O2. The van der Waals surface area contributed by atoms with Gasteiger partial charge in [-0.2, -0.15) is 0 Å². The van der Waals surface area contributed by atoms with E-state index in [0.717, 1.165) is 28.9 Å². The number of nitrogens with one attached hydrogen (secondary N) is 2. The number of pyridine rings is 2. The van der Waals surface area contributed by atoms with Gasteiger partial charge >= 0.3 is 0 Å². The molecule has 4 aromatic rings. The quantitative estimate of drug-likeness (QED) is 0.228. The summed E-state index contributed by atoms with van der Waals surface area (Å²) in [5.74, 6) is -1.68. The highest BCUT2D eigenvalue weighted by molar-refractivity contribution is 6.31. The molecule has 0 saturated heterocycles. The summed E-state index contributed by atoms with van der Waals surface area (Å²) in [6.07, 6.45) is 6.79. The third-order valence-corrected chi connectivity index (χ3v) is 8.45. The zero-order valence-electron chi connectivity index (χ0n) is 24.0. The van der Waals surface area contributed by atoms with Gasteiger partial charge in [0.05, 0.1) is 28.0 Å². The van der Waals surface area contributed by atoms with Crippen LogP contribution in [0.2, 0.25) is 5.02 Å². The van der Waals surface area contributed by atoms with Crippen molar-refractivity contribution in [1.82, 2.24) is 14.9 Å². The van der Waals surface area contributed by atoms with Gasteiger partial charge in [-0.15, -0.1) is 0 Å². The summed E-state index contributed by atoms with van der Waals surface area (Å²) in [6.45, 7) is 2.14. The Morgan fingerprint density at radius 3 is 2.66 bits per heavy atom. The Kier molecular flexibility index (Phi) is 8.39. The molecule has 2 aromatic carbocycles. The molecule has 0 spiro atoms. The molecule has 2 bridgehead atoms. The van der Waals surface area contributed by atoms with Crippen molar-refractivity contribution < 1.29 is 18.4 Å². The van der Waals surface area contributed by atoms with Crippen molar-refractivity contribution in [1.29, 1.82) is 0 Å². The summed E-state index contributed by atoms with van der Waals surface area (Å²) >= 11 is 5.91. The zero-order chi connectivity index (χ0) is 30.8. The maximum atomic E-state index is 14.8. The first-order valence-electron chi connectivity index (χ1n) is 14.5. The van der Waals surface area contributed by atoms with E-state index in [4.69, 9.17) is 11.6 Å². The Morgan fingerprint density at radius 1 is 1.00 bits per heavy atom. The highest BCUT2D eigenvalue weighted by Crippen LogP contribution is 2.38. The van der Waals surface area contributed by atoms with Crippen LogP contribution in [0.15, 0.2) is 79.1 Å². The lowest BCUT2D eigenvalue weighted by molar-refractivity contribution is -0.129. The first-order valence-corrected chi connectivity index (χ1v) is 14.9. The van der Waals surface area contributed by atoms with Gasteiger partial charge in [0.2, 0.25) is 11.8 Å². The third kappa shape index (κ3) is 6.05. The molecule has 4 heterocycles. The van der Waals surface area contributed by atoms with Crippen molar-refractivity contribution >= 4 is 46.2 Å². The summed E-state index contributed by atoms with van der Waals surface area (Å²) in [5, 5.41) is 6.19. The van der Waals surface area contributed by atoms with Gasteiger partial charge in [0, 0.05) is 42.2 Å². The van der Waals surface area contributed by atoms with Gasteiger partial charge in [-0.3, -0.25) is 14.6 Å². The van der Waals surface area contributed by atoms with E-state index in [1.54, 1.807) is 17.3 Å². The van der Waals surface area contributed by atoms with Gasteiger partial charge in [0.1, 0.15) is 11.6 Å². The number of carbonyl (C=O) groups is 2. The fourth-order valence-corrected chi connectivity index (χ4v) is 5.97. The number of nitrogens with zero attached hydrogens (tertiary/aromatic N) is 3. The second-order valence-electron chi connectivity index (χ2n) is 11.1. The Morgan fingerprint density at radius 2 is 1.86 bits per heavy atom. The van der Waals surface area contributed by atoms with Gasteiger partial charge in [0.15, 0.2) is 5.82 Å². The Labute approximate surface area is 259 Å². The van der Waals surface area contributed by atoms with Crippen LogP contribution in [0.4, 0.5) is 26.0 Å². The minimum Gasteiger partial charge on any atom is -0.340 e. The van der Waals surface area contributed by atoms with Crippen LogP contribution in [-0.4, -0.2) is 33.2 Å². The SMILES string of the molecule is C[C@@H]1CCC[C@H](N2CCC(c3c(F)ccc(Cl)c3F)=CC2=O)c2cc(ccn2)-c2ccc(Nc3ccccn3)cc2NC1=O. The predicted molar refractivity (Wildman–Crippen MR) is 167 cm³/mol. The van der Waals surface area contributed by atoms with E-state index in [-0.39, 0.29) is 46.9 Å². The average Bonchev–Trinajstić information content (AvgIpc) is 3.02. The van der Waals surface area contributed by atoms with Crippen LogP contribution in [0.5, 0.6) is 0 Å². The van der Waals surface area contributed by atoms with Crippen LogP contribution in [-0.2, 0) is 9.59 Å². The van der Waals surface area contributed by atoms with E-state index in [0.29, 0.717) is 36.5 Å². The molecule has 0 aliphatic carbocycles. The smallest absolute Gasteiger partial charge is 0.247 e. The highest BCUT2D eigenvalue weighted by Gasteiger charge is 2.31. The number of fused-ring (bicyclic) bond motifs is 4. The van der Waals surface area contributed by atoms with Crippen molar-refractivity contribution in [2.75, 3.05) is 17.2 Å². The van der Waals surface area contributed by atoms with E-state index in [1.807, 2.05) is 55.5 Å². The summed E-state index contributed by atoms with van der Waals surface area (Å²) in [6, 6.07) is 17.0. The largest absolute Gasteiger partial charge is 0.340 e. The van der Waals surface area contributed by atoms with Gasteiger partial charge in [-0.05, 0) is 78.9 Å². The van der Waals surface area contributed by atoms with Crippen molar-refractivity contribution in [2.45, 2.75) is 38.6 Å². The molecule has 10 heteroatoms. The predicted octanol–water partition coefficient (Wildman–Crippen LogP) is 7.93. The monoisotopic (exact) mass is 613 g/mol. The molecule has 2 atom stereocenters. The van der Waals surface area contributed by atoms with Crippen molar-refractivity contribution in [3.05, 3.63) is 107 Å².